The number of hydrogen-bond acceptors (Lipinski definition) is 1. The van der Waals surface area contributed by atoms with Crippen LogP contribution in [0.15, 0.2) is 0 Å². The van der Waals surface area contributed by atoms with Gasteiger partial charge >= 0.3 is 0 Å². The van der Waals surface area contributed by atoms with E-state index >= 15 is 0 Å². The lowest BCUT2D eigenvalue weighted by molar-refractivity contribution is 0.145. The maximum atomic E-state index is 4.58. The second-order valence-corrected chi connectivity index (χ2v) is 3.78. The Hall–Kier alpha value is -0.0800. The lowest BCUT2D eigenvalue weighted by Gasteiger charge is -2.24. The maximum absolute atomic E-state index is 4.58. The minimum Gasteiger partial charge on any atom is -0.227 e. The van der Waals surface area contributed by atoms with Crippen LogP contribution in [0, 0.1) is 5.92 Å². The molecule has 1 heterocycles. The molecule has 2 heteroatoms. The number of nitrogens with zero attached hydrogens (tertiary/aromatic N) is 2. The normalized spacial score (nSPS) is 27.3. The molecule has 0 unspecified atom stereocenters. The molecule has 1 saturated carbocycles. The summed E-state index contributed by atoms with van der Waals surface area (Å²) in [4.78, 5) is 0. The van der Waals surface area contributed by atoms with Gasteiger partial charge in [-0.3, -0.25) is 0 Å². The second kappa shape index (κ2) is 3.55. The first kappa shape index (κ1) is 7.56. The third kappa shape index (κ3) is 2.46. The van der Waals surface area contributed by atoms with E-state index in [1.54, 1.807) is 0 Å². The largest absolute Gasteiger partial charge is 0.227 e. The van der Waals surface area contributed by atoms with Crippen LogP contribution >= 0.6 is 0 Å². The van der Waals surface area contributed by atoms with Gasteiger partial charge in [0, 0.05) is 19.6 Å². The first-order chi connectivity index (χ1) is 5.45. The molecule has 0 spiro atoms. The summed E-state index contributed by atoms with van der Waals surface area (Å²) in [6.45, 7) is 3.54. The van der Waals surface area contributed by atoms with Crippen molar-refractivity contribution in [3.05, 3.63) is 0 Å². The predicted molar refractivity (Wildman–Crippen MR) is 45.1 cm³/mol. The van der Waals surface area contributed by atoms with Crippen molar-refractivity contribution in [2.24, 2.45) is 5.92 Å². The minimum atomic E-state index is 0.955. The van der Waals surface area contributed by atoms with E-state index in [9.17, 15) is 0 Å². The monoisotopic (exact) mass is 153 g/mol. The molecule has 0 aromatic carbocycles. The summed E-state index contributed by atoms with van der Waals surface area (Å²) in [7, 11) is 0. The molecule has 2 fully saturated rings. The van der Waals surface area contributed by atoms with Crippen molar-refractivity contribution in [2.75, 3.05) is 19.6 Å². The highest BCUT2D eigenvalue weighted by Crippen LogP contribution is 2.28. The third-order valence-corrected chi connectivity index (χ3v) is 2.57. The molecule has 2 rings (SSSR count). The highest BCUT2D eigenvalue weighted by atomic mass is 15.5. The zero-order chi connectivity index (χ0) is 7.52. The summed E-state index contributed by atoms with van der Waals surface area (Å²) in [6.07, 6.45) is 6.98. The molecule has 0 bridgehead atoms. The molecule has 1 aliphatic carbocycles. The molecule has 0 N–H and O–H groups in total. The summed E-state index contributed by atoms with van der Waals surface area (Å²) in [6, 6.07) is 0. The van der Waals surface area contributed by atoms with Gasteiger partial charge in [-0.15, -0.1) is 0 Å². The molecule has 11 heavy (non-hydrogen) atoms. The summed E-state index contributed by atoms with van der Waals surface area (Å²) in [5.41, 5.74) is 4.58. The SMILES string of the molecule is C1CCN([N]CC2CC2)CC1. The van der Waals surface area contributed by atoms with Gasteiger partial charge in [0.15, 0.2) is 0 Å². The predicted octanol–water partition coefficient (Wildman–Crippen LogP) is 1.40. The van der Waals surface area contributed by atoms with E-state index in [1.807, 2.05) is 0 Å². The molecule has 63 valence electrons. The molecular formula is C9H17N2. The van der Waals surface area contributed by atoms with Crippen LogP contribution in [-0.2, 0) is 0 Å². The summed E-state index contributed by atoms with van der Waals surface area (Å²) >= 11 is 0. The van der Waals surface area contributed by atoms with Gasteiger partial charge in [0.05, 0.1) is 0 Å². The minimum absolute atomic E-state index is 0.955. The Morgan fingerprint density at radius 2 is 1.82 bits per heavy atom. The van der Waals surface area contributed by atoms with E-state index < -0.39 is 0 Å². The Kier molecular flexibility index (Phi) is 2.44. The van der Waals surface area contributed by atoms with Crippen molar-refractivity contribution in [2.45, 2.75) is 32.1 Å². The average Bonchev–Trinajstić information content (AvgIpc) is 2.86. The van der Waals surface area contributed by atoms with Crippen LogP contribution in [0.3, 0.4) is 0 Å². The number of hydrogen-bond donors (Lipinski definition) is 0. The zero-order valence-electron chi connectivity index (χ0n) is 7.13. The average molecular weight is 153 g/mol. The van der Waals surface area contributed by atoms with Crippen molar-refractivity contribution in [1.29, 1.82) is 0 Å². The van der Waals surface area contributed by atoms with E-state index in [-0.39, 0.29) is 0 Å². The van der Waals surface area contributed by atoms with Crippen LogP contribution in [0.2, 0.25) is 0 Å². The summed E-state index contributed by atoms with van der Waals surface area (Å²) in [5.74, 6) is 0.955. The first-order valence-corrected chi connectivity index (χ1v) is 4.87. The van der Waals surface area contributed by atoms with Gasteiger partial charge in [-0.25, -0.2) is 5.01 Å². The van der Waals surface area contributed by atoms with Gasteiger partial charge in [0.1, 0.15) is 0 Å². The summed E-state index contributed by atoms with van der Waals surface area (Å²) in [5, 5.41) is 2.28. The van der Waals surface area contributed by atoms with Gasteiger partial charge < -0.3 is 0 Å². The van der Waals surface area contributed by atoms with E-state index in [0.717, 1.165) is 12.5 Å². The maximum Gasteiger partial charge on any atom is 0.0335 e. The molecule has 0 atom stereocenters. The molecule has 2 nitrogen and oxygen atoms in total. The van der Waals surface area contributed by atoms with Crippen molar-refractivity contribution >= 4 is 0 Å². The lowest BCUT2D eigenvalue weighted by atomic mass is 10.2. The fourth-order valence-electron chi connectivity index (χ4n) is 1.55. The Morgan fingerprint density at radius 1 is 1.09 bits per heavy atom. The fraction of sp³-hybridized carbons (Fsp3) is 1.00. The number of rotatable bonds is 3. The third-order valence-electron chi connectivity index (χ3n) is 2.57. The Balaban J connectivity index is 1.59. The van der Waals surface area contributed by atoms with Gasteiger partial charge in [-0.05, 0) is 31.6 Å². The van der Waals surface area contributed by atoms with Crippen LogP contribution in [0.5, 0.6) is 0 Å². The van der Waals surface area contributed by atoms with Crippen molar-refractivity contribution in [3.63, 3.8) is 0 Å². The van der Waals surface area contributed by atoms with E-state index in [4.69, 9.17) is 0 Å². The molecule has 2 aliphatic rings. The molecule has 1 saturated heterocycles. The quantitative estimate of drug-likeness (QED) is 0.599. The fourth-order valence-corrected chi connectivity index (χ4v) is 1.55. The lowest BCUT2D eigenvalue weighted by Crippen LogP contribution is -2.37. The Bertz CT molecular complexity index is 115. The van der Waals surface area contributed by atoms with Crippen LogP contribution in [0.25, 0.3) is 0 Å². The van der Waals surface area contributed by atoms with Crippen molar-refractivity contribution < 1.29 is 0 Å². The van der Waals surface area contributed by atoms with Crippen LogP contribution in [-0.4, -0.2) is 24.6 Å². The molecule has 0 amide bonds. The zero-order valence-corrected chi connectivity index (χ0v) is 7.13. The van der Waals surface area contributed by atoms with Gasteiger partial charge in [0.2, 0.25) is 0 Å². The summed E-state index contributed by atoms with van der Waals surface area (Å²) < 4.78 is 0. The van der Waals surface area contributed by atoms with Crippen LogP contribution < -0.4 is 5.43 Å². The Morgan fingerprint density at radius 3 is 2.45 bits per heavy atom. The molecule has 1 aliphatic heterocycles. The molecule has 0 aromatic rings. The van der Waals surface area contributed by atoms with Gasteiger partial charge in [-0.1, -0.05) is 6.42 Å². The van der Waals surface area contributed by atoms with Gasteiger partial charge in [0.25, 0.3) is 0 Å². The van der Waals surface area contributed by atoms with E-state index in [1.165, 1.54) is 45.2 Å². The standard InChI is InChI=1S/C9H17N2/c1-2-6-11(7-3-1)10-8-9-4-5-9/h9H,1-8H2. The molecule has 0 aromatic heterocycles. The highest BCUT2D eigenvalue weighted by Gasteiger charge is 2.22. The topological polar surface area (TPSA) is 17.3 Å². The second-order valence-electron chi connectivity index (χ2n) is 3.78. The smallest absolute Gasteiger partial charge is 0.0335 e. The van der Waals surface area contributed by atoms with E-state index in [0.29, 0.717) is 0 Å². The highest BCUT2D eigenvalue weighted by molar-refractivity contribution is 4.75. The van der Waals surface area contributed by atoms with Crippen LogP contribution in [0.4, 0.5) is 0 Å². The van der Waals surface area contributed by atoms with Crippen molar-refractivity contribution in [1.82, 2.24) is 10.4 Å². The molecule has 1 radical (unpaired) electrons. The van der Waals surface area contributed by atoms with Crippen LogP contribution in [0.1, 0.15) is 32.1 Å². The Labute approximate surface area is 68.9 Å². The molecular weight excluding hydrogens is 136 g/mol. The number of piperidine rings is 1. The van der Waals surface area contributed by atoms with Crippen molar-refractivity contribution in [3.8, 4) is 0 Å². The first-order valence-electron chi connectivity index (χ1n) is 4.87. The van der Waals surface area contributed by atoms with E-state index in [2.05, 4.69) is 10.4 Å². The van der Waals surface area contributed by atoms with Gasteiger partial charge in [-0.2, -0.15) is 5.43 Å².